The first-order chi connectivity index (χ1) is 15.4. The van der Waals surface area contributed by atoms with Crippen molar-refractivity contribution in [2.24, 2.45) is 16.6 Å². The van der Waals surface area contributed by atoms with Crippen LogP contribution in [0.25, 0.3) is 10.9 Å². The molecule has 3 aromatic rings. The van der Waals surface area contributed by atoms with Gasteiger partial charge >= 0.3 is 0 Å². The van der Waals surface area contributed by atoms with Gasteiger partial charge in [0.15, 0.2) is 22.6 Å². The molecule has 2 aromatic heterocycles. The van der Waals surface area contributed by atoms with Gasteiger partial charge in [0.1, 0.15) is 11.6 Å². The Hall–Kier alpha value is -3.29. The summed E-state index contributed by atoms with van der Waals surface area (Å²) in [6.45, 7) is 0.466. The van der Waals surface area contributed by atoms with Crippen LogP contribution in [0.4, 0.5) is 20.3 Å². The Kier molecular flexibility index (Phi) is 4.95. The van der Waals surface area contributed by atoms with Crippen LogP contribution in [-0.2, 0) is 4.74 Å². The van der Waals surface area contributed by atoms with E-state index in [0.717, 1.165) is 12.5 Å². The number of benzene rings is 1. The van der Waals surface area contributed by atoms with Crippen LogP contribution in [-0.4, -0.2) is 33.6 Å². The van der Waals surface area contributed by atoms with Gasteiger partial charge in [-0.3, -0.25) is 9.98 Å². The van der Waals surface area contributed by atoms with E-state index >= 15 is 0 Å². The molecule has 1 saturated carbocycles. The minimum absolute atomic E-state index is 0.00523. The molecule has 0 amide bonds. The Morgan fingerprint density at radius 2 is 2.19 bits per heavy atom. The first kappa shape index (κ1) is 20.6. The summed E-state index contributed by atoms with van der Waals surface area (Å²) in [6.07, 6.45) is 3.75. The van der Waals surface area contributed by atoms with Crippen LogP contribution in [0.2, 0.25) is 0 Å². The molecule has 0 radical (unpaired) electrons. The van der Waals surface area contributed by atoms with Gasteiger partial charge in [0.25, 0.3) is 0 Å². The quantitative estimate of drug-likeness (QED) is 0.601. The lowest BCUT2D eigenvalue weighted by molar-refractivity contribution is 0.189. The van der Waals surface area contributed by atoms with Crippen molar-refractivity contribution >= 4 is 39.3 Å². The predicted molar refractivity (Wildman–Crippen MR) is 119 cm³/mol. The fraction of sp³-hybridized carbons (Fsp3) is 0.273. The number of halogens is 2. The van der Waals surface area contributed by atoms with E-state index in [-0.39, 0.29) is 16.2 Å². The zero-order valence-corrected chi connectivity index (χ0v) is 17.8. The number of ether oxygens (including phenoxy) is 1. The Labute approximate surface area is 186 Å². The molecule has 1 aromatic carbocycles. The third kappa shape index (κ3) is 3.43. The number of nitrogens with two attached hydrogens (primary N) is 1. The lowest BCUT2D eigenvalue weighted by atomic mass is 9.99. The second-order valence-electron chi connectivity index (χ2n) is 7.88. The number of fused-ring (bicyclic) bond motifs is 2. The maximum atomic E-state index is 14.9. The molecule has 10 heteroatoms. The van der Waals surface area contributed by atoms with E-state index in [1.165, 1.54) is 24.0 Å². The number of nitriles is 1. The number of aromatic nitrogens is 2. The number of rotatable bonds is 5. The SMILES string of the molecule is COC[C@]12CC1C(c1cc(Nc3nccc4cc(C#N)cnc34)cc(F)c1F)N=C(N)S2. The molecule has 0 spiro atoms. The highest BCUT2D eigenvalue weighted by Crippen LogP contribution is 2.63. The molecule has 32 heavy (non-hydrogen) atoms. The van der Waals surface area contributed by atoms with Gasteiger partial charge in [0.05, 0.1) is 23.0 Å². The maximum absolute atomic E-state index is 14.9. The Morgan fingerprint density at radius 1 is 1.34 bits per heavy atom. The smallest absolute Gasteiger partial charge is 0.164 e. The molecule has 1 fully saturated rings. The summed E-state index contributed by atoms with van der Waals surface area (Å²) >= 11 is 1.44. The number of nitrogens with one attached hydrogen (secondary N) is 1. The summed E-state index contributed by atoms with van der Waals surface area (Å²) in [5.74, 6) is -1.56. The normalized spacial score (nSPS) is 23.9. The summed E-state index contributed by atoms with van der Waals surface area (Å²) in [5.41, 5.74) is 7.39. The van der Waals surface area contributed by atoms with Crippen molar-refractivity contribution < 1.29 is 13.5 Å². The number of anilines is 2. The molecule has 0 bridgehead atoms. The van der Waals surface area contributed by atoms with Crippen LogP contribution >= 0.6 is 11.8 Å². The Balaban J connectivity index is 1.52. The molecule has 0 saturated heterocycles. The molecule has 1 aliphatic carbocycles. The van der Waals surface area contributed by atoms with E-state index in [9.17, 15) is 8.78 Å². The van der Waals surface area contributed by atoms with E-state index in [0.29, 0.717) is 39.7 Å². The molecule has 7 nitrogen and oxygen atoms in total. The number of thioether (sulfide) groups is 1. The van der Waals surface area contributed by atoms with Gasteiger partial charge in [-0.1, -0.05) is 11.8 Å². The molecule has 2 unspecified atom stereocenters. The van der Waals surface area contributed by atoms with Gasteiger partial charge in [-0.25, -0.2) is 13.8 Å². The predicted octanol–water partition coefficient (Wildman–Crippen LogP) is 4.03. The fourth-order valence-electron chi connectivity index (χ4n) is 4.26. The van der Waals surface area contributed by atoms with Crippen molar-refractivity contribution in [2.45, 2.75) is 17.2 Å². The van der Waals surface area contributed by atoms with Gasteiger partial charge < -0.3 is 15.8 Å². The lowest BCUT2D eigenvalue weighted by Gasteiger charge is -2.25. The third-order valence-electron chi connectivity index (χ3n) is 5.79. The van der Waals surface area contributed by atoms with Crippen LogP contribution in [0.5, 0.6) is 0 Å². The molecule has 1 aliphatic heterocycles. The highest BCUT2D eigenvalue weighted by atomic mass is 32.2. The second kappa shape index (κ2) is 7.69. The molecule has 5 rings (SSSR count). The molecule has 3 N–H and O–H groups in total. The number of aliphatic imine (C=N–C) groups is 1. The summed E-state index contributed by atoms with van der Waals surface area (Å²) in [5, 5.41) is 13.2. The van der Waals surface area contributed by atoms with Crippen molar-refractivity contribution in [1.29, 1.82) is 5.26 Å². The monoisotopic (exact) mass is 452 g/mol. The zero-order chi connectivity index (χ0) is 22.5. The zero-order valence-electron chi connectivity index (χ0n) is 17.0. The number of hydrogen-bond acceptors (Lipinski definition) is 8. The van der Waals surface area contributed by atoms with Gasteiger partial charge in [-0.05, 0) is 24.6 Å². The molecular weight excluding hydrogens is 434 g/mol. The van der Waals surface area contributed by atoms with Gasteiger partial charge in [0.2, 0.25) is 0 Å². The van der Waals surface area contributed by atoms with Crippen molar-refractivity contribution in [3.63, 3.8) is 0 Å². The number of hydrogen-bond donors (Lipinski definition) is 2. The highest BCUT2D eigenvalue weighted by molar-refractivity contribution is 8.15. The van der Waals surface area contributed by atoms with Crippen LogP contribution in [0.3, 0.4) is 0 Å². The van der Waals surface area contributed by atoms with Crippen molar-refractivity contribution in [3.05, 3.63) is 59.4 Å². The van der Waals surface area contributed by atoms with Crippen molar-refractivity contribution in [2.75, 3.05) is 19.0 Å². The van der Waals surface area contributed by atoms with Crippen molar-refractivity contribution in [1.82, 2.24) is 9.97 Å². The summed E-state index contributed by atoms with van der Waals surface area (Å²) < 4.78 is 34.5. The van der Waals surface area contributed by atoms with Crippen LogP contribution in [0.15, 0.2) is 41.7 Å². The van der Waals surface area contributed by atoms with E-state index < -0.39 is 17.7 Å². The average Bonchev–Trinajstić information content (AvgIpc) is 3.49. The molecular formula is C22H18F2N6OS. The third-order valence-corrected chi connectivity index (χ3v) is 7.10. The van der Waals surface area contributed by atoms with Gasteiger partial charge in [-0.15, -0.1) is 0 Å². The van der Waals surface area contributed by atoms with E-state index in [1.807, 2.05) is 6.07 Å². The second-order valence-corrected chi connectivity index (χ2v) is 9.31. The Morgan fingerprint density at radius 3 is 2.97 bits per heavy atom. The summed E-state index contributed by atoms with van der Waals surface area (Å²) in [4.78, 5) is 13.0. The maximum Gasteiger partial charge on any atom is 0.164 e. The van der Waals surface area contributed by atoms with Crippen molar-refractivity contribution in [3.8, 4) is 6.07 Å². The lowest BCUT2D eigenvalue weighted by Crippen LogP contribution is -2.28. The Bertz CT molecular complexity index is 1310. The highest BCUT2D eigenvalue weighted by Gasteiger charge is 2.62. The molecule has 3 atom stereocenters. The molecule has 2 aliphatic rings. The fourth-order valence-corrected chi connectivity index (χ4v) is 5.57. The number of pyridine rings is 2. The standard InChI is InChI=1S/C22H18F2N6OS/c1-31-10-22-7-15(22)19(30-21(26)32-22)14-5-13(6-16(23)17(14)24)29-20-18-12(2-3-27-20)4-11(8-25)9-28-18/h2-6,9,15,19H,7,10H2,1H3,(H2,26,30)(H,27,29)/t15?,19?,22-/m1/s1. The molecule has 162 valence electrons. The van der Waals surface area contributed by atoms with E-state index in [1.54, 1.807) is 25.4 Å². The van der Waals surface area contributed by atoms with E-state index in [2.05, 4.69) is 20.3 Å². The number of amidine groups is 1. The molecule has 3 heterocycles. The van der Waals surface area contributed by atoms with Crippen LogP contribution in [0, 0.1) is 28.9 Å². The van der Waals surface area contributed by atoms with Crippen LogP contribution < -0.4 is 11.1 Å². The minimum Gasteiger partial charge on any atom is -0.383 e. The first-order valence-corrected chi connectivity index (χ1v) is 10.7. The first-order valence-electron chi connectivity index (χ1n) is 9.86. The largest absolute Gasteiger partial charge is 0.383 e. The van der Waals surface area contributed by atoms with Gasteiger partial charge in [-0.2, -0.15) is 5.26 Å². The average molecular weight is 452 g/mol. The van der Waals surface area contributed by atoms with Crippen LogP contribution in [0.1, 0.15) is 23.6 Å². The van der Waals surface area contributed by atoms with Gasteiger partial charge in [0, 0.05) is 48.1 Å². The van der Waals surface area contributed by atoms with E-state index in [4.69, 9.17) is 15.7 Å². The summed E-state index contributed by atoms with van der Waals surface area (Å²) in [6, 6.07) is 7.47. The topological polar surface area (TPSA) is 109 Å². The number of methoxy groups -OCH3 is 1. The number of nitrogens with zero attached hydrogens (tertiary/aromatic N) is 4. The minimum atomic E-state index is -0.991. The summed E-state index contributed by atoms with van der Waals surface area (Å²) in [7, 11) is 1.61.